The number of methoxy groups -OCH3 is 2. The third-order valence-electron chi connectivity index (χ3n) is 3.48. The Morgan fingerprint density at radius 2 is 1.54 bits per heavy atom. The van der Waals surface area contributed by atoms with Gasteiger partial charge in [0.1, 0.15) is 0 Å². The molecule has 2 rings (SSSR count). The van der Waals surface area contributed by atoms with Gasteiger partial charge in [-0.05, 0) is 32.0 Å². The number of Topliss-reactive ketones (excluding diaryl/α,β-unsaturated/α-hetero) is 1. The van der Waals surface area contributed by atoms with Crippen LogP contribution in [0.1, 0.15) is 22.8 Å². The Bertz CT molecular complexity index is 857. The standard InChI is InChI=1S/C17H19NO5S/c1-11-5-7-13(8-6-11)24(20,21)18-15-10-17(23-4)16(22-3)9-14(15)12(2)19/h5-10,18H,1-4H3. The molecule has 0 spiro atoms. The molecule has 1 N–H and O–H groups in total. The van der Waals surface area contributed by atoms with Gasteiger partial charge in [-0.25, -0.2) is 8.42 Å². The van der Waals surface area contributed by atoms with Crippen molar-refractivity contribution in [2.45, 2.75) is 18.7 Å². The van der Waals surface area contributed by atoms with Crippen LogP contribution < -0.4 is 14.2 Å². The lowest BCUT2D eigenvalue weighted by Crippen LogP contribution is -2.15. The van der Waals surface area contributed by atoms with Crippen LogP contribution in [0.15, 0.2) is 41.3 Å². The summed E-state index contributed by atoms with van der Waals surface area (Å²) in [6.07, 6.45) is 0. The van der Waals surface area contributed by atoms with Gasteiger partial charge >= 0.3 is 0 Å². The minimum Gasteiger partial charge on any atom is -0.493 e. The minimum absolute atomic E-state index is 0.109. The van der Waals surface area contributed by atoms with Crippen LogP contribution in [0.4, 0.5) is 5.69 Å². The maximum atomic E-state index is 12.5. The van der Waals surface area contributed by atoms with Gasteiger partial charge in [-0.15, -0.1) is 0 Å². The van der Waals surface area contributed by atoms with Crippen LogP contribution in [0.3, 0.4) is 0 Å². The molecule has 2 aromatic rings. The number of aryl methyl sites for hydroxylation is 1. The van der Waals surface area contributed by atoms with Crippen LogP contribution in [0.2, 0.25) is 0 Å². The molecule has 0 heterocycles. The molecular formula is C17H19NO5S. The molecule has 0 saturated heterocycles. The summed E-state index contributed by atoms with van der Waals surface area (Å²) in [6, 6.07) is 9.30. The summed E-state index contributed by atoms with van der Waals surface area (Å²) in [5.74, 6) is 0.377. The molecule has 0 aliphatic heterocycles. The van der Waals surface area contributed by atoms with Crippen molar-refractivity contribution >= 4 is 21.5 Å². The van der Waals surface area contributed by atoms with E-state index in [9.17, 15) is 13.2 Å². The molecule has 0 bridgehead atoms. The Hall–Kier alpha value is -2.54. The molecule has 0 saturated carbocycles. The summed E-state index contributed by atoms with van der Waals surface area (Å²) >= 11 is 0. The molecule has 0 aliphatic carbocycles. The summed E-state index contributed by atoms with van der Waals surface area (Å²) in [6.45, 7) is 3.22. The quantitative estimate of drug-likeness (QED) is 0.811. The summed E-state index contributed by atoms with van der Waals surface area (Å²) in [4.78, 5) is 12.0. The SMILES string of the molecule is COc1cc(NS(=O)(=O)c2ccc(C)cc2)c(C(C)=O)cc1OC. The summed E-state index contributed by atoms with van der Waals surface area (Å²) in [5.41, 5.74) is 1.29. The topological polar surface area (TPSA) is 81.7 Å². The van der Waals surface area contributed by atoms with Gasteiger partial charge in [-0.3, -0.25) is 9.52 Å². The Labute approximate surface area is 141 Å². The van der Waals surface area contributed by atoms with Crippen LogP contribution in [0.25, 0.3) is 0 Å². The number of ether oxygens (including phenoxy) is 2. The summed E-state index contributed by atoms with van der Waals surface area (Å²) in [5, 5.41) is 0. The number of rotatable bonds is 6. The van der Waals surface area contributed by atoms with Gasteiger partial charge in [0.25, 0.3) is 10.0 Å². The van der Waals surface area contributed by atoms with E-state index in [0.29, 0.717) is 11.5 Å². The van der Waals surface area contributed by atoms with Gasteiger partial charge < -0.3 is 9.47 Å². The van der Waals surface area contributed by atoms with Crippen LogP contribution in [0, 0.1) is 6.92 Å². The third-order valence-corrected chi connectivity index (χ3v) is 4.86. The Morgan fingerprint density at radius 1 is 1.00 bits per heavy atom. The fourth-order valence-corrected chi connectivity index (χ4v) is 3.25. The first-order chi connectivity index (χ1) is 11.3. The molecule has 0 unspecified atom stereocenters. The number of nitrogens with one attached hydrogen (secondary N) is 1. The predicted molar refractivity (Wildman–Crippen MR) is 91.5 cm³/mol. The normalized spacial score (nSPS) is 11.0. The second kappa shape index (κ2) is 6.92. The highest BCUT2D eigenvalue weighted by atomic mass is 32.2. The highest BCUT2D eigenvalue weighted by molar-refractivity contribution is 7.92. The van der Waals surface area contributed by atoms with Gasteiger partial charge in [0.05, 0.1) is 24.8 Å². The van der Waals surface area contributed by atoms with Crippen molar-refractivity contribution in [3.8, 4) is 11.5 Å². The number of sulfonamides is 1. The number of hydrogen-bond donors (Lipinski definition) is 1. The zero-order chi connectivity index (χ0) is 17.9. The fourth-order valence-electron chi connectivity index (χ4n) is 2.18. The van der Waals surface area contributed by atoms with Crippen molar-refractivity contribution in [1.29, 1.82) is 0 Å². The fraction of sp³-hybridized carbons (Fsp3) is 0.235. The van der Waals surface area contributed by atoms with Crippen LogP contribution in [-0.2, 0) is 10.0 Å². The van der Waals surface area contributed by atoms with Crippen LogP contribution in [-0.4, -0.2) is 28.4 Å². The highest BCUT2D eigenvalue weighted by Crippen LogP contribution is 2.34. The van der Waals surface area contributed by atoms with E-state index in [1.165, 1.54) is 45.4 Å². The van der Waals surface area contributed by atoms with E-state index >= 15 is 0 Å². The molecule has 24 heavy (non-hydrogen) atoms. The van der Waals surface area contributed by atoms with Gasteiger partial charge in [-0.1, -0.05) is 17.7 Å². The van der Waals surface area contributed by atoms with E-state index in [0.717, 1.165) is 5.56 Å². The minimum atomic E-state index is -3.83. The lowest BCUT2D eigenvalue weighted by Gasteiger charge is -2.15. The maximum absolute atomic E-state index is 12.5. The number of carbonyl (C=O) groups excluding carboxylic acids is 1. The molecule has 7 heteroatoms. The lowest BCUT2D eigenvalue weighted by atomic mass is 10.1. The molecule has 0 atom stereocenters. The van der Waals surface area contributed by atoms with E-state index in [1.54, 1.807) is 12.1 Å². The summed E-state index contributed by atoms with van der Waals surface area (Å²) in [7, 11) is -0.953. The van der Waals surface area contributed by atoms with E-state index in [1.807, 2.05) is 6.92 Å². The first kappa shape index (κ1) is 17.8. The number of carbonyl (C=O) groups is 1. The second-order valence-corrected chi connectivity index (χ2v) is 6.91. The monoisotopic (exact) mass is 349 g/mol. The molecule has 0 radical (unpaired) electrons. The first-order valence-corrected chi connectivity index (χ1v) is 8.63. The van der Waals surface area contributed by atoms with Crippen molar-refractivity contribution in [2.75, 3.05) is 18.9 Å². The highest BCUT2D eigenvalue weighted by Gasteiger charge is 2.20. The van der Waals surface area contributed by atoms with Crippen molar-refractivity contribution in [1.82, 2.24) is 0 Å². The average Bonchev–Trinajstić information content (AvgIpc) is 2.54. The second-order valence-electron chi connectivity index (χ2n) is 5.23. The van der Waals surface area contributed by atoms with Crippen molar-refractivity contribution in [3.63, 3.8) is 0 Å². The molecular weight excluding hydrogens is 330 g/mol. The first-order valence-electron chi connectivity index (χ1n) is 7.15. The third kappa shape index (κ3) is 3.68. The number of anilines is 1. The van der Waals surface area contributed by atoms with Gasteiger partial charge in [-0.2, -0.15) is 0 Å². The zero-order valence-corrected chi connectivity index (χ0v) is 14.7. The van der Waals surface area contributed by atoms with Crippen LogP contribution in [0.5, 0.6) is 11.5 Å². The largest absolute Gasteiger partial charge is 0.493 e. The Morgan fingerprint density at radius 3 is 2.04 bits per heavy atom. The molecule has 0 aromatic heterocycles. The van der Waals surface area contributed by atoms with Crippen LogP contribution >= 0.6 is 0 Å². The molecule has 128 valence electrons. The van der Waals surface area contributed by atoms with E-state index < -0.39 is 10.0 Å². The smallest absolute Gasteiger partial charge is 0.261 e. The van der Waals surface area contributed by atoms with Gasteiger partial charge in [0.15, 0.2) is 17.3 Å². The predicted octanol–water partition coefficient (Wildman–Crippen LogP) is 3.02. The molecule has 6 nitrogen and oxygen atoms in total. The lowest BCUT2D eigenvalue weighted by molar-refractivity contribution is 0.101. The van der Waals surface area contributed by atoms with E-state index in [2.05, 4.69) is 4.72 Å². The van der Waals surface area contributed by atoms with E-state index in [4.69, 9.17) is 9.47 Å². The van der Waals surface area contributed by atoms with Gasteiger partial charge in [0.2, 0.25) is 0 Å². The Kier molecular flexibility index (Phi) is 5.14. The number of ketones is 1. The van der Waals surface area contributed by atoms with Crippen molar-refractivity contribution in [3.05, 3.63) is 47.5 Å². The average molecular weight is 349 g/mol. The molecule has 0 fully saturated rings. The summed E-state index contributed by atoms with van der Waals surface area (Å²) < 4.78 is 37.9. The number of benzene rings is 2. The Balaban J connectivity index is 2.51. The van der Waals surface area contributed by atoms with E-state index in [-0.39, 0.29) is 21.9 Å². The molecule has 0 aliphatic rings. The molecule has 0 amide bonds. The van der Waals surface area contributed by atoms with Gasteiger partial charge in [0, 0.05) is 11.6 Å². The van der Waals surface area contributed by atoms with Crippen molar-refractivity contribution < 1.29 is 22.7 Å². The van der Waals surface area contributed by atoms with Crippen molar-refractivity contribution in [2.24, 2.45) is 0 Å². The molecule has 2 aromatic carbocycles. The number of hydrogen-bond acceptors (Lipinski definition) is 5. The zero-order valence-electron chi connectivity index (χ0n) is 13.9. The maximum Gasteiger partial charge on any atom is 0.261 e.